The van der Waals surface area contributed by atoms with Gasteiger partial charge in [-0.1, -0.05) is 0 Å². The molecule has 9 heteroatoms. The Morgan fingerprint density at radius 2 is 1.94 bits per heavy atom. The quantitative estimate of drug-likeness (QED) is 0.526. The number of benzene rings is 2. The molecule has 5 rings (SSSR count). The fourth-order valence-electron chi connectivity index (χ4n) is 5.31. The van der Waals surface area contributed by atoms with Crippen LogP contribution < -0.4 is 9.64 Å². The van der Waals surface area contributed by atoms with Crippen molar-refractivity contribution in [3.63, 3.8) is 0 Å². The van der Waals surface area contributed by atoms with Gasteiger partial charge in [-0.3, -0.25) is 9.58 Å². The average molecular weight is 495 g/mol. The molecule has 1 fully saturated rings. The van der Waals surface area contributed by atoms with Crippen LogP contribution in [-0.2, 0) is 11.2 Å². The number of rotatable bonds is 5. The van der Waals surface area contributed by atoms with Gasteiger partial charge in [0.1, 0.15) is 17.3 Å². The van der Waals surface area contributed by atoms with Gasteiger partial charge in [0.15, 0.2) is 0 Å². The van der Waals surface area contributed by atoms with Crippen molar-refractivity contribution in [2.75, 3.05) is 32.1 Å². The topological polar surface area (TPSA) is 80.1 Å². The summed E-state index contributed by atoms with van der Waals surface area (Å²) >= 11 is 0. The van der Waals surface area contributed by atoms with Crippen LogP contribution in [0, 0.1) is 5.82 Å². The molecule has 0 radical (unpaired) electrons. The lowest BCUT2D eigenvalue weighted by Crippen LogP contribution is -2.43. The zero-order chi connectivity index (χ0) is 25.4. The number of amides is 1. The predicted molar refractivity (Wildman–Crippen MR) is 134 cm³/mol. The number of halogens is 1. The number of ether oxygens (including phenoxy) is 2. The summed E-state index contributed by atoms with van der Waals surface area (Å²) in [5.74, 6) is 0.702. The van der Waals surface area contributed by atoms with Gasteiger partial charge in [0.25, 0.3) is 0 Å². The monoisotopic (exact) mass is 494 g/mol. The van der Waals surface area contributed by atoms with Crippen molar-refractivity contribution in [3.8, 4) is 22.6 Å². The van der Waals surface area contributed by atoms with E-state index in [1.54, 1.807) is 19.2 Å². The molecular weight excluding hydrogens is 463 g/mol. The Kier molecular flexibility index (Phi) is 6.68. The fraction of sp³-hybridized carbons (Fsp3) is 0.407. The maximum Gasteiger partial charge on any atom is 0.412 e. The van der Waals surface area contributed by atoms with Crippen molar-refractivity contribution in [2.45, 2.75) is 44.4 Å². The van der Waals surface area contributed by atoms with Crippen molar-refractivity contribution in [1.82, 2.24) is 14.7 Å². The van der Waals surface area contributed by atoms with E-state index in [4.69, 9.17) is 9.47 Å². The molecule has 2 aromatic carbocycles. The maximum absolute atomic E-state index is 13.5. The van der Waals surface area contributed by atoms with Crippen LogP contribution in [0.5, 0.6) is 11.5 Å². The molecule has 1 saturated heterocycles. The van der Waals surface area contributed by atoms with Gasteiger partial charge in [-0.05, 0) is 69.6 Å². The number of piperidine rings is 1. The molecule has 0 bridgehead atoms. The van der Waals surface area contributed by atoms with Crippen LogP contribution in [0.4, 0.5) is 14.9 Å². The molecule has 3 aromatic rings. The Morgan fingerprint density at radius 3 is 2.67 bits per heavy atom. The minimum atomic E-state index is -0.996. The molecule has 190 valence electrons. The van der Waals surface area contributed by atoms with Crippen LogP contribution in [0.15, 0.2) is 48.8 Å². The molecule has 3 unspecified atom stereocenters. The number of likely N-dealkylation sites (N-methyl/N-ethyl adjacent to an activating group) is 1. The van der Waals surface area contributed by atoms with E-state index in [0.717, 1.165) is 36.2 Å². The van der Waals surface area contributed by atoms with E-state index < -0.39 is 6.09 Å². The number of anilines is 1. The van der Waals surface area contributed by atoms with Gasteiger partial charge >= 0.3 is 6.09 Å². The number of aromatic nitrogens is 2. The van der Waals surface area contributed by atoms with E-state index in [2.05, 4.69) is 17.0 Å². The molecule has 0 saturated carbocycles. The van der Waals surface area contributed by atoms with Crippen molar-refractivity contribution >= 4 is 11.8 Å². The molecule has 1 amide bonds. The van der Waals surface area contributed by atoms with Crippen LogP contribution in [0.2, 0.25) is 0 Å². The lowest BCUT2D eigenvalue weighted by atomic mass is 9.92. The summed E-state index contributed by atoms with van der Waals surface area (Å²) in [4.78, 5) is 15.7. The second-order valence-corrected chi connectivity index (χ2v) is 9.64. The first-order chi connectivity index (χ1) is 17.4. The minimum Gasteiger partial charge on any atom is -0.465 e. The Labute approximate surface area is 209 Å². The molecule has 8 nitrogen and oxygen atoms in total. The molecule has 0 aliphatic carbocycles. The standard InChI is InChI=1S/C27H31FN4O4/c1-17-4-9-22-23(32(17)27(33)34)11-10-21(26(22)36-20-7-5-19(28)6-8-20)18-14-29-31(15-18)24-12-13-30(2)16-25(24)35-3/h5-8,10-11,14-15,17,24-25H,4,9,12-13,16H2,1-3H3,(H,33,34). The average Bonchev–Trinajstić information content (AvgIpc) is 3.34. The van der Waals surface area contributed by atoms with Gasteiger partial charge in [0.2, 0.25) is 0 Å². The highest BCUT2D eigenvalue weighted by Gasteiger charge is 2.33. The van der Waals surface area contributed by atoms with Crippen LogP contribution >= 0.6 is 0 Å². The summed E-state index contributed by atoms with van der Waals surface area (Å²) in [6.45, 7) is 3.70. The van der Waals surface area contributed by atoms with E-state index in [0.29, 0.717) is 30.0 Å². The molecule has 3 atom stereocenters. The molecule has 1 aromatic heterocycles. The number of nitrogens with zero attached hydrogens (tertiary/aromatic N) is 4. The fourth-order valence-corrected chi connectivity index (χ4v) is 5.31. The number of hydrogen-bond donors (Lipinski definition) is 1. The van der Waals surface area contributed by atoms with Gasteiger partial charge in [-0.15, -0.1) is 0 Å². The third kappa shape index (κ3) is 4.56. The lowest BCUT2D eigenvalue weighted by molar-refractivity contribution is -0.00195. The van der Waals surface area contributed by atoms with E-state index in [1.807, 2.05) is 36.1 Å². The largest absolute Gasteiger partial charge is 0.465 e. The molecule has 2 aliphatic heterocycles. The zero-order valence-corrected chi connectivity index (χ0v) is 20.7. The van der Waals surface area contributed by atoms with Crippen molar-refractivity contribution in [1.29, 1.82) is 0 Å². The third-order valence-corrected chi connectivity index (χ3v) is 7.27. The summed E-state index contributed by atoms with van der Waals surface area (Å²) in [6, 6.07) is 9.54. The maximum atomic E-state index is 13.5. The Morgan fingerprint density at radius 1 is 1.17 bits per heavy atom. The van der Waals surface area contributed by atoms with Crippen molar-refractivity contribution in [3.05, 3.63) is 60.2 Å². The van der Waals surface area contributed by atoms with Crippen LogP contribution in [0.3, 0.4) is 0 Å². The van der Waals surface area contributed by atoms with Gasteiger partial charge in [0, 0.05) is 49.1 Å². The summed E-state index contributed by atoms with van der Waals surface area (Å²) in [7, 11) is 3.82. The smallest absolute Gasteiger partial charge is 0.412 e. The van der Waals surface area contributed by atoms with Crippen LogP contribution in [-0.4, -0.2) is 65.3 Å². The number of fused-ring (bicyclic) bond motifs is 1. The van der Waals surface area contributed by atoms with Crippen molar-refractivity contribution in [2.24, 2.45) is 0 Å². The summed E-state index contributed by atoms with van der Waals surface area (Å²) in [6.07, 6.45) is 5.11. The number of methoxy groups -OCH3 is 1. The molecule has 3 heterocycles. The number of carboxylic acid groups (broad SMARTS) is 1. The second kappa shape index (κ2) is 9.91. The predicted octanol–water partition coefficient (Wildman–Crippen LogP) is 5.19. The summed E-state index contributed by atoms with van der Waals surface area (Å²) < 4.78 is 27.6. The molecule has 2 aliphatic rings. The summed E-state index contributed by atoms with van der Waals surface area (Å²) in [5, 5.41) is 14.6. The van der Waals surface area contributed by atoms with Crippen LogP contribution in [0.1, 0.15) is 31.4 Å². The Hall–Kier alpha value is -3.43. The number of likely N-dealkylation sites (tertiary alicyclic amines) is 1. The first-order valence-corrected chi connectivity index (χ1v) is 12.2. The minimum absolute atomic E-state index is 0.0283. The molecule has 0 spiro atoms. The molecule has 1 N–H and O–H groups in total. The number of hydrogen-bond acceptors (Lipinski definition) is 5. The highest BCUT2D eigenvalue weighted by molar-refractivity contribution is 5.91. The molecular formula is C27H31FN4O4. The number of carbonyl (C=O) groups is 1. The highest BCUT2D eigenvalue weighted by atomic mass is 19.1. The molecule has 36 heavy (non-hydrogen) atoms. The normalized spacial score (nSPS) is 22.3. The van der Waals surface area contributed by atoms with E-state index in [9.17, 15) is 14.3 Å². The van der Waals surface area contributed by atoms with E-state index in [-0.39, 0.29) is 24.0 Å². The van der Waals surface area contributed by atoms with Crippen LogP contribution in [0.25, 0.3) is 11.1 Å². The SMILES string of the molecule is COC1CN(C)CCC1n1cc(-c2ccc3c(c2Oc2ccc(F)cc2)CCC(C)N3C(=O)O)cn1. The highest BCUT2D eigenvalue weighted by Crippen LogP contribution is 2.45. The van der Waals surface area contributed by atoms with Gasteiger partial charge < -0.3 is 19.5 Å². The van der Waals surface area contributed by atoms with Gasteiger partial charge in [-0.2, -0.15) is 5.10 Å². The van der Waals surface area contributed by atoms with Crippen molar-refractivity contribution < 1.29 is 23.8 Å². The van der Waals surface area contributed by atoms with Gasteiger partial charge in [-0.25, -0.2) is 9.18 Å². The van der Waals surface area contributed by atoms with E-state index >= 15 is 0 Å². The first-order valence-electron chi connectivity index (χ1n) is 12.2. The second-order valence-electron chi connectivity index (χ2n) is 9.64. The van der Waals surface area contributed by atoms with Gasteiger partial charge in [0.05, 0.1) is 24.0 Å². The lowest BCUT2D eigenvalue weighted by Gasteiger charge is -2.35. The zero-order valence-electron chi connectivity index (χ0n) is 20.7. The third-order valence-electron chi connectivity index (χ3n) is 7.27. The first kappa shape index (κ1) is 24.3. The Bertz CT molecular complexity index is 1250. The summed E-state index contributed by atoms with van der Waals surface area (Å²) in [5.41, 5.74) is 3.11. The van der Waals surface area contributed by atoms with E-state index in [1.165, 1.54) is 17.0 Å². The Balaban J connectivity index is 1.57.